The molecule has 0 amide bonds. The topological polar surface area (TPSA) is 38.8 Å². The van der Waals surface area contributed by atoms with E-state index in [0.717, 1.165) is 39.0 Å². The molecule has 0 spiro atoms. The fourth-order valence-corrected chi connectivity index (χ4v) is 4.91. The van der Waals surface area contributed by atoms with Crippen LogP contribution < -0.4 is 0 Å². The smallest absolute Gasteiger partial charge is 0.302 e. The summed E-state index contributed by atoms with van der Waals surface area (Å²) in [6.07, 6.45) is 7.06. The minimum atomic E-state index is -0.168. The maximum atomic E-state index is 11.3. The molecule has 1 heterocycles. The predicted molar refractivity (Wildman–Crippen MR) is 111 cm³/mol. The van der Waals surface area contributed by atoms with E-state index in [-0.39, 0.29) is 12.1 Å². The summed E-state index contributed by atoms with van der Waals surface area (Å²) in [5.41, 5.74) is 1.36. The maximum Gasteiger partial charge on any atom is 0.302 e. The van der Waals surface area contributed by atoms with Crippen LogP contribution in [0.15, 0.2) is 42.5 Å². The SMILES string of the molecule is CC(=O)OC1CCN([C@@H]2CCCC[C@@H]2OCCc2cccc3ccccc23)C1. The van der Waals surface area contributed by atoms with E-state index >= 15 is 0 Å². The summed E-state index contributed by atoms with van der Waals surface area (Å²) in [7, 11) is 0. The summed E-state index contributed by atoms with van der Waals surface area (Å²) < 4.78 is 11.9. The fraction of sp³-hybridized carbons (Fsp3) is 0.542. The summed E-state index contributed by atoms with van der Waals surface area (Å²) in [5, 5.41) is 2.63. The van der Waals surface area contributed by atoms with Crippen LogP contribution in [0.4, 0.5) is 0 Å². The second-order valence-electron chi connectivity index (χ2n) is 8.16. The minimum absolute atomic E-state index is 0.0516. The third-order valence-corrected chi connectivity index (χ3v) is 6.23. The van der Waals surface area contributed by atoms with Gasteiger partial charge in [-0.2, -0.15) is 0 Å². The third-order valence-electron chi connectivity index (χ3n) is 6.23. The Morgan fingerprint density at radius 1 is 1.07 bits per heavy atom. The monoisotopic (exact) mass is 381 g/mol. The molecule has 4 rings (SSSR count). The van der Waals surface area contributed by atoms with Crippen LogP contribution in [0.5, 0.6) is 0 Å². The summed E-state index contributed by atoms with van der Waals surface area (Å²) in [5.74, 6) is -0.168. The molecule has 3 atom stereocenters. The quantitative estimate of drug-likeness (QED) is 0.698. The van der Waals surface area contributed by atoms with Crippen molar-refractivity contribution in [1.29, 1.82) is 0 Å². The summed E-state index contributed by atoms with van der Waals surface area (Å²) in [6.45, 7) is 4.12. The number of carbonyl (C=O) groups excluding carboxylic acids is 1. The number of fused-ring (bicyclic) bond motifs is 1. The van der Waals surface area contributed by atoms with Crippen molar-refractivity contribution in [3.05, 3.63) is 48.0 Å². The van der Waals surface area contributed by atoms with Crippen molar-refractivity contribution in [1.82, 2.24) is 4.90 Å². The molecule has 0 radical (unpaired) electrons. The van der Waals surface area contributed by atoms with Crippen molar-refractivity contribution in [3.63, 3.8) is 0 Å². The first-order valence-electron chi connectivity index (χ1n) is 10.7. The van der Waals surface area contributed by atoms with Crippen LogP contribution in [0.3, 0.4) is 0 Å². The van der Waals surface area contributed by atoms with Gasteiger partial charge in [0.25, 0.3) is 0 Å². The second kappa shape index (κ2) is 9.06. The zero-order valence-electron chi connectivity index (χ0n) is 16.8. The molecule has 2 aliphatic rings. The van der Waals surface area contributed by atoms with Crippen molar-refractivity contribution in [2.45, 2.75) is 63.7 Å². The van der Waals surface area contributed by atoms with Crippen molar-refractivity contribution in [2.24, 2.45) is 0 Å². The van der Waals surface area contributed by atoms with Crippen molar-refractivity contribution in [3.8, 4) is 0 Å². The Hall–Kier alpha value is -1.91. The standard InChI is InChI=1S/C24H31NO3/c1-18(26)28-21-13-15-25(17-21)23-11-4-5-12-24(23)27-16-14-20-9-6-8-19-7-2-3-10-22(19)20/h2-3,6-10,21,23-24H,4-5,11-17H2,1H3/t21?,23-,24+/m1/s1. The van der Waals surface area contributed by atoms with Gasteiger partial charge in [-0.1, -0.05) is 55.3 Å². The van der Waals surface area contributed by atoms with E-state index in [1.165, 1.54) is 42.5 Å². The van der Waals surface area contributed by atoms with Crippen molar-refractivity contribution in [2.75, 3.05) is 19.7 Å². The van der Waals surface area contributed by atoms with Crippen LogP contribution in [0.2, 0.25) is 0 Å². The molecule has 150 valence electrons. The van der Waals surface area contributed by atoms with Gasteiger partial charge in [-0.15, -0.1) is 0 Å². The van der Waals surface area contributed by atoms with Crippen LogP contribution in [-0.4, -0.2) is 48.8 Å². The largest absolute Gasteiger partial charge is 0.461 e. The molecule has 1 saturated heterocycles. The lowest BCUT2D eigenvalue weighted by Crippen LogP contribution is -2.46. The second-order valence-corrected chi connectivity index (χ2v) is 8.16. The zero-order valence-corrected chi connectivity index (χ0v) is 16.8. The highest BCUT2D eigenvalue weighted by Gasteiger charge is 2.36. The van der Waals surface area contributed by atoms with Gasteiger partial charge in [-0.05, 0) is 42.0 Å². The molecule has 2 aromatic carbocycles. The van der Waals surface area contributed by atoms with Crippen LogP contribution in [0.25, 0.3) is 10.8 Å². The van der Waals surface area contributed by atoms with E-state index in [2.05, 4.69) is 47.4 Å². The van der Waals surface area contributed by atoms with E-state index in [9.17, 15) is 4.79 Å². The summed E-state index contributed by atoms with van der Waals surface area (Å²) in [4.78, 5) is 13.7. The van der Waals surface area contributed by atoms with Gasteiger partial charge in [-0.25, -0.2) is 0 Å². The maximum absolute atomic E-state index is 11.3. The number of ether oxygens (including phenoxy) is 2. The fourth-order valence-electron chi connectivity index (χ4n) is 4.91. The highest BCUT2D eigenvalue weighted by atomic mass is 16.5. The van der Waals surface area contributed by atoms with Gasteiger partial charge in [0.1, 0.15) is 6.10 Å². The molecule has 1 saturated carbocycles. The molecule has 0 N–H and O–H groups in total. The molecule has 4 heteroatoms. The highest BCUT2D eigenvalue weighted by molar-refractivity contribution is 5.85. The average molecular weight is 382 g/mol. The Kier molecular flexibility index (Phi) is 6.28. The Bertz CT molecular complexity index is 800. The van der Waals surface area contributed by atoms with Gasteiger partial charge < -0.3 is 9.47 Å². The number of esters is 1. The first-order chi connectivity index (χ1) is 13.7. The van der Waals surface area contributed by atoms with Crippen LogP contribution in [0, 0.1) is 0 Å². The van der Waals surface area contributed by atoms with Gasteiger partial charge >= 0.3 is 5.97 Å². The van der Waals surface area contributed by atoms with Crippen LogP contribution in [-0.2, 0) is 20.7 Å². The van der Waals surface area contributed by atoms with E-state index in [1.54, 1.807) is 0 Å². The number of nitrogens with zero attached hydrogens (tertiary/aromatic N) is 1. The molecule has 4 nitrogen and oxygen atoms in total. The van der Waals surface area contributed by atoms with E-state index in [1.807, 2.05) is 0 Å². The number of hydrogen-bond donors (Lipinski definition) is 0. The molecule has 2 fully saturated rings. The molecule has 2 aromatic rings. The predicted octanol–water partition coefficient (Wildman–Crippen LogP) is 4.35. The van der Waals surface area contributed by atoms with E-state index < -0.39 is 0 Å². The van der Waals surface area contributed by atoms with Crippen molar-refractivity contribution < 1.29 is 14.3 Å². The van der Waals surface area contributed by atoms with Crippen LogP contribution >= 0.6 is 0 Å². The van der Waals surface area contributed by atoms with Gasteiger partial charge in [0.05, 0.1) is 12.7 Å². The normalized spacial score (nSPS) is 25.8. The van der Waals surface area contributed by atoms with Gasteiger partial charge in [0.15, 0.2) is 0 Å². The average Bonchev–Trinajstić information content (AvgIpc) is 3.16. The first-order valence-corrected chi connectivity index (χ1v) is 10.7. The number of rotatable bonds is 6. The van der Waals surface area contributed by atoms with Gasteiger partial charge in [0, 0.05) is 26.1 Å². The summed E-state index contributed by atoms with van der Waals surface area (Å²) in [6, 6.07) is 15.6. The number of carbonyl (C=O) groups is 1. The first kappa shape index (κ1) is 19.4. The lowest BCUT2D eigenvalue weighted by molar-refractivity contribution is -0.145. The highest BCUT2D eigenvalue weighted by Crippen LogP contribution is 2.29. The molecule has 0 aromatic heterocycles. The lowest BCUT2D eigenvalue weighted by atomic mass is 9.91. The summed E-state index contributed by atoms with van der Waals surface area (Å²) >= 11 is 0. The minimum Gasteiger partial charge on any atom is -0.461 e. The number of likely N-dealkylation sites (tertiary alicyclic amines) is 1. The van der Waals surface area contributed by atoms with Crippen LogP contribution in [0.1, 0.15) is 44.6 Å². The van der Waals surface area contributed by atoms with Gasteiger partial charge in [0.2, 0.25) is 0 Å². The van der Waals surface area contributed by atoms with Gasteiger partial charge in [-0.3, -0.25) is 9.69 Å². The zero-order chi connectivity index (χ0) is 19.3. The van der Waals surface area contributed by atoms with E-state index in [0.29, 0.717) is 12.1 Å². The molecule has 1 unspecified atom stereocenters. The molecule has 1 aliphatic carbocycles. The van der Waals surface area contributed by atoms with Crippen molar-refractivity contribution >= 4 is 16.7 Å². The molecule has 0 bridgehead atoms. The molecule has 1 aliphatic heterocycles. The Labute approximate surface area is 167 Å². The lowest BCUT2D eigenvalue weighted by Gasteiger charge is -2.37. The third kappa shape index (κ3) is 4.56. The van der Waals surface area contributed by atoms with E-state index in [4.69, 9.17) is 9.47 Å². The Balaban J connectivity index is 1.34. The number of hydrogen-bond acceptors (Lipinski definition) is 4. The Morgan fingerprint density at radius 3 is 2.79 bits per heavy atom. The molecule has 28 heavy (non-hydrogen) atoms. The molecular formula is C24H31NO3. The Morgan fingerprint density at radius 2 is 1.89 bits per heavy atom. The molecular weight excluding hydrogens is 350 g/mol. The number of benzene rings is 2.